The molecule has 0 unspecified atom stereocenters. The van der Waals surface area contributed by atoms with E-state index < -0.39 is 0 Å². The van der Waals surface area contributed by atoms with Gasteiger partial charge in [0.05, 0.1) is 22.9 Å². The maximum atomic E-state index is 5.60. The van der Waals surface area contributed by atoms with Gasteiger partial charge in [-0.2, -0.15) is 5.10 Å². The number of likely N-dealkylation sites (N-methyl/N-ethyl adjacent to an activating group) is 1. The Morgan fingerprint density at radius 3 is 2.85 bits per heavy atom. The first-order valence-corrected chi connectivity index (χ1v) is 4.99. The fraction of sp³-hybridized carbons (Fsp3) is 0.625. The molecule has 0 aliphatic heterocycles. The number of nitrogens with zero attached hydrogens (tertiary/aromatic N) is 3. The van der Waals surface area contributed by atoms with Crippen molar-refractivity contribution in [2.24, 2.45) is 5.73 Å². The highest BCUT2D eigenvalue weighted by molar-refractivity contribution is 9.10. The molecule has 1 aromatic heterocycles. The van der Waals surface area contributed by atoms with Crippen LogP contribution in [0.15, 0.2) is 10.7 Å². The maximum absolute atomic E-state index is 5.60. The summed E-state index contributed by atoms with van der Waals surface area (Å²) in [5.41, 5.74) is 6.66. The van der Waals surface area contributed by atoms with Gasteiger partial charge < -0.3 is 10.6 Å². The van der Waals surface area contributed by atoms with Gasteiger partial charge >= 0.3 is 0 Å². The number of aromatic nitrogens is 2. The van der Waals surface area contributed by atoms with Crippen LogP contribution in [0.5, 0.6) is 0 Å². The highest BCUT2D eigenvalue weighted by Gasteiger charge is 2.06. The summed E-state index contributed by atoms with van der Waals surface area (Å²) in [6.07, 6.45) is 1.79. The number of halogens is 1. The van der Waals surface area contributed by atoms with E-state index in [1.165, 1.54) is 0 Å². The summed E-state index contributed by atoms with van der Waals surface area (Å²) in [7, 11) is 4.08. The second-order valence-electron chi connectivity index (χ2n) is 3.17. The van der Waals surface area contributed by atoms with Crippen molar-refractivity contribution in [3.8, 4) is 0 Å². The zero-order valence-electron chi connectivity index (χ0n) is 8.00. The Balaban J connectivity index is 2.65. The fourth-order valence-corrected chi connectivity index (χ4v) is 1.54. The summed E-state index contributed by atoms with van der Waals surface area (Å²) < 4.78 is 2.93. The molecular weight excluding hydrogens is 232 g/mol. The summed E-state index contributed by atoms with van der Waals surface area (Å²) >= 11 is 3.41. The molecule has 0 atom stereocenters. The van der Waals surface area contributed by atoms with E-state index in [9.17, 15) is 0 Å². The summed E-state index contributed by atoms with van der Waals surface area (Å²) in [4.78, 5) is 2.12. The first kappa shape index (κ1) is 10.7. The molecule has 0 radical (unpaired) electrons. The molecule has 5 heteroatoms. The normalized spacial score (nSPS) is 11.2. The van der Waals surface area contributed by atoms with Crippen molar-refractivity contribution in [1.82, 2.24) is 14.7 Å². The fourth-order valence-electron chi connectivity index (χ4n) is 1.08. The van der Waals surface area contributed by atoms with Gasteiger partial charge in [-0.3, -0.25) is 4.68 Å². The second kappa shape index (κ2) is 4.74. The van der Waals surface area contributed by atoms with Gasteiger partial charge in [-0.1, -0.05) is 0 Å². The van der Waals surface area contributed by atoms with Gasteiger partial charge in [0.2, 0.25) is 0 Å². The van der Waals surface area contributed by atoms with Crippen molar-refractivity contribution in [2.45, 2.75) is 13.1 Å². The molecule has 1 rings (SSSR count). The third-order valence-corrected chi connectivity index (χ3v) is 2.51. The van der Waals surface area contributed by atoms with E-state index in [4.69, 9.17) is 5.73 Å². The molecule has 0 aliphatic carbocycles. The van der Waals surface area contributed by atoms with Gasteiger partial charge in [0.15, 0.2) is 0 Å². The molecule has 0 fully saturated rings. The van der Waals surface area contributed by atoms with Gasteiger partial charge in [-0.25, -0.2) is 0 Å². The van der Waals surface area contributed by atoms with E-state index >= 15 is 0 Å². The summed E-state index contributed by atoms with van der Waals surface area (Å²) in [5.74, 6) is 0. The SMILES string of the molecule is CN(C)CCn1ncc(Br)c1CN. The summed E-state index contributed by atoms with van der Waals surface area (Å²) in [6, 6.07) is 0. The first-order valence-electron chi connectivity index (χ1n) is 4.20. The molecule has 1 heterocycles. The molecule has 0 saturated heterocycles. The molecule has 13 heavy (non-hydrogen) atoms. The van der Waals surface area contributed by atoms with Crippen LogP contribution in [0.4, 0.5) is 0 Å². The van der Waals surface area contributed by atoms with Crippen LogP contribution in [-0.4, -0.2) is 35.3 Å². The van der Waals surface area contributed by atoms with Crippen LogP contribution in [0.1, 0.15) is 5.69 Å². The van der Waals surface area contributed by atoms with Crippen LogP contribution < -0.4 is 5.73 Å². The lowest BCUT2D eigenvalue weighted by Crippen LogP contribution is -2.21. The van der Waals surface area contributed by atoms with Crippen LogP contribution in [0.2, 0.25) is 0 Å². The minimum Gasteiger partial charge on any atom is -0.325 e. The minimum absolute atomic E-state index is 0.522. The Morgan fingerprint density at radius 2 is 2.31 bits per heavy atom. The molecule has 0 saturated carbocycles. The molecule has 74 valence electrons. The Bertz CT molecular complexity index is 269. The largest absolute Gasteiger partial charge is 0.325 e. The summed E-state index contributed by atoms with van der Waals surface area (Å²) in [6.45, 7) is 2.38. The zero-order chi connectivity index (χ0) is 9.84. The van der Waals surface area contributed by atoms with Crippen LogP contribution in [0.25, 0.3) is 0 Å². The smallest absolute Gasteiger partial charge is 0.0662 e. The van der Waals surface area contributed by atoms with Gasteiger partial charge in [0, 0.05) is 13.1 Å². The Labute approximate surface area is 86.8 Å². The molecule has 0 aliphatic rings. The first-order chi connectivity index (χ1) is 6.15. The van der Waals surface area contributed by atoms with Crippen LogP contribution in [0.3, 0.4) is 0 Å². The zero-order valence-corrected chi connectivity index (χ0v) is 9.58. The van der Waals surface area contributed by atoms with Crippen molar-refractivity contribution < 1.29 is 0 Å². The third-order valence-electron chi connectivity index (χ3n) is 1.85. The number of rotatable bonds is 4. The van der Waals surface area contributed by atoms with E-state index in [0.29, 0.717) is 6.54 Å². The van der Waals surface area contributed by atoms with E-state index in [-0.39, 0.29) is 0 Å². The Hall–Kier alpha value is -0.390. The average Bonchev–Trinajstić information content (AvgIpc) is 2.42. The van der Waals surface area contributed by atoms with E-state index in [1.807, 2.05) is 18.8 Å². The third kappa shape index (κ3) is 2.79. The lowest BCUT2D eigenvalue weighted by molar-refractivity contribution is 0.369. The van der Waals surface area contributed by atoms with Gasteiger partial charge in [0.25, 0.3) is 0 Å². The standard InChI is InChI=1S/C8H15BrN4/c1-12(2)3-4-13-8(5-10)7(9)6-11-13/h6H,3-5,10H2,1-2H3. The van der Waals surface area contributed by atoms with Gasteiger partial charge in [0.1, 0.15) is 0 Å². The van der Waals surface area contributed by atoms with E-state index in [0.717, 1.165) is 23.3 Å². The van der Waals surface area contributed by atoms with Crippen LogP contribution in [-0.2, 0) is 13.1 Å². The summed E-state index contributed by atoms with van der Waals surface area (Å²) in [5, 5.41) is 4.22. The molecule has 4 nitrogen and oxygen atoms in total. The number of hydrogen-bond donors (Lipinski definition) is 1. The van der Waals surface area contributed by atoms with E-state index in [2.05, 4.69) is 25.9 Å². The number of hydrogen-bond acceptors (Lipinski definition) is 3. The van der Waals surface area contributed by atoms with Gasteiger partial charge in [-0.05, 0) is 30.0 Å². The van der Waals surface area contributed by atoms with Crippen molar-refractivity contribution in [2.75, 3.05) is 20.6 Å². The highest BCUT2D eigenvalue weighted by atomic mass is 79.9. The Morgan fingerprint density at radius 1 is 1.62 bits per heavy atom. The van der Waals surface area contributed by atoms with Crippen LogP contribution in [0, 0.1) is 0 Å². The lowest BCUT2D eigenvalue weighted by Gasteiger charge is -2.11. The highest BCUT2D eigenvalue weighted by Crippen LogP contribution is 2.14. The molecule has 2 N–H and O–H groups in total. The predicted molar refractivity (Wildman–Crippen MR) is 56.4 cm³/mol. The molecule has 1 aromatic rings. The van der Waals surface area contributed by atoms with Crippen molar-refractivity contribution >= 4 is 15.9 Å². The molecule has 0 spiro atoms. The van der Waals surface area contributed by atoms with Crippen molar-refractivity contribution in [3.05, 3.63) is 16.4 Å². The maximum Gasteiger partial charge on any atom is 0.0662 e. The molecule has 0 amide bonds. The molecule has 0 aromatic carbocycles. The topological polar surface area (TPSA) is 47.1 Å². The molecular formula is C8H15BrN4. The lowest BCUT2D eigenvalue weighted by atomic mass is 10.4. The monoisotopic (exact) mass is 246 g/mol. The quantitative estimate of drug-likeness (QED) is 0.850. The van der Waals surface area contributed by atoms with Crippen molar-refractivity contribution in [1.29, 1.82) is 0 Å². The van der Waals surface area contributed by atoms with E-state index in [1.54, 1.807) is 6.20 Å². The average molecular weight is 247 g/mol. The second-order valence-corrected chi connectivity index (χ2v) is 4.02. The van der Waals surface area contributed by atoms with Crippen molar-refractivity contribution in [3.63, 3.8) is 0 Å². The predicted octanol–water partition coefficient (Wildman–Crippen LogP) is 0.666. The minimum atomic E-state index is 0.522. The van der Waals surface area contributed by atoms with Crippen LogP contribution >= 0.6 is 15.9 Å². The number of nitrogens with two attached hydrogens (primary N) is 1. The Kier molecular flexibility index (Phi) is 3.90. The molecule has 0 bridgehead atoms. The van der Waals surface area contributed by atoms with Gasteiger partial charge in [-0.15, -0.1) is 0 Å².